The Morgan fingerprint density at radius 2 is 2.35 bits per heavy atom. The predicted octanol–water partition coefficient (Wildman–Crippen LogP) is 0.845. The zero-order valence-corrected chi connectivity index (χ0v) is 14.1. The number of imidazole rings is 1. The van der Waals surface area contributed by atoms with Gasteiger partial charge in [-0.15, -0.1) is 0 Å². The first-order chi connectivity index (χ1) is 11.2. The molecule has 2 aliphatic heterocycles. The monoisotopic (exact) mass is 321 g/mol. The highest BCUT2D eigenvalue weighted by Gasteiger charge is 2.32. The number of aromatic nitrogens is 2. The Labute approximate surface area is 137 Å². The minimum absolute atomic E-state index is 0.0341. The maximum atomic E-state index is 12.5. The lowest BCUT2D eigenvalue weighted by Gasteiger charge is -2.40. The molecule has 1 aromatic rings. The Kier molecular flexibility index (Phi) is 5.17. The van der Waals surface area contributed by atoms with Gasteiger partial charge in [0.15, 0.2) is 0 Å². The van der Waals surface area contributed by atoms with E-state index in [9.17, 15) is 4.79 Å². The Bertz CT molecular complexity index is 526. The average molecular weight is 321 g/mol. The predicted molar refractivity (Wildman–Crippen MR) is 87.1 cm³/mol. The maximum absolute atomic E-state index is 12.5. The molecule has 3 rings (SSSR count). The molecule has 1 aromatic heterocycles. The first kappa shape index (κ1) is 16.3. The zero-order valence-electron chi connectivity index (χ0n) is 14.1. The molecule has 2 saturated heterocycles. The van der Waals surface area contributed by atoms with Gasteiger partial charge < -0.3 is 19.5 Å². The van der Waals surface area contributed by atoms with Gasteiger partial charge in [0.05, 0.1) is 12.6 Å². The van der Waals surface area contributed by atoms with Crippen molar-refractivity contribution in [2.75, 3.05) is 45.9 Å². The molecule has 7 nitrogen and oxygen atoms in total. The van der Waals surface area contributed by atoms with Crippen LogP contribution in [-0.4, -0.2) is 71.3 Å². The topological polar surface area (TPSA) is 62.6 Å². The average Bonchev–Trinajstić information content (AvgIpc) is 3.23. The third-order valence-electron chi connectivity index (χ3n) is 4.91. The number of nitrogens with zero attached hydrogens (tertiary/aromatic N) is 4. The van der Waals surface area contributed by atoms with Crippen molar-refractivity contribution in [3.05, 3.63) is 18.2 Å². The van der Waals surface area contributed by atoms with Crippen LogP contribution in [0.3, 0.4) is 0 Å². The molecule has 0 aromatic carbocycles. The van der Waals surface area contributed by atoms with Crippen LogP contribution >= 0.6 is 0 Å². The van der Waals surface area contributed by atoms with Gasteiger partial charge in [-0.3, -0.25) is 4.90 Å². The van der Waals surface area contributed by atoms with Crippen molar-refractivity contribution >= 4 is 6.03 Å². The quantitative estimate of drug-likeness (QED) is 0.893. The summed E-state index contributed by atoms with van der Waals surface area (Å²) in [7, 11) is 2.01. The number of carbonyl (C=O) groups excluding carboxylic acids is 1. The molecule has 2 fully saturated rings. The van der Waals surface area contributed by atoms with Gasteiger partial charge in [-0.2, -0.15) is 0 Å². The van der Waals surface area contributed by atoms with E-state index in [4.69, 9.17) is 4.74 Å². The molecule has 0 bridgehead atoms. The summed E-state index contributed by atoms with van der Waals surface area (Å²) in [6.45, 7) is 7.75. The summed E-state index contributed by atoms with van der Waals surface area (Å²) in [4.78, 5) is 21.3. The van der Waals surface area contributed by atoms with E-state index in [2.05, 4.69) is 22.1 Å². The molecule has 2 atom stereocenters. The fourth-order valence-corrected chi connectivity index (χ4v) is 3.41. The lowest BCUT2D eigenvalue weighted by atomic mass is 10.1. The van der Waals surface area contributed by atoms with E-state index in [0.29, 0.717) is 19.0 Å². The van der Waals surface area contributed by atoms with Gasteiger partial charge >= 0.3 is 6.03 Å². The number of hydrogen-bond acceptors (Lipinski definition) is 4. The van der Waals surface area contributed by atoms with Crippen LogP contribution in [-0.2, 0) is 11.8 Å². The molecular weight excluding hydrogens is 294 g/mol. The second kappa shape index (κ2) is 7.31. The highest BCUT2D eigenvalue weighted by Crippen LogP contribution is 2.23. The number of carbonyl (C=O) groups is 1. The Balaban J connectivity index is 1.60. The lowest BCUT2D eigenvalue weighted by Crippen LogP contribution is -2.53. The van der Waals surface area contributed by atoms with Crippen molar-refractivity contribution < 1.29 is 9.53 Å². The van der Waals surface area contributed by atoms with Crippen LogP contribution in [0.2, 0.25) is 0 Å². The summed E-state index contributed by atoms with van der Waals surface area (Å²) in [5.41, 5.74) is 0. The van der Waals surface area contributed by atoms with Crippen LogP contribution in [0.15, 0.2) is 12.4 Å². The minimum Gasteiger partial charge on any atom is -0.381 e. The van der Waals surface area contributed by atoms with E-state index in [0.717, 1.165) is 45.1 Å². The van der Waals surface area contributed by atoms with Crippen molar-refractivity contribution in [2.24, 2.45) is 13.0 Å². The van der Waals surface area contributed by atoms with Crippen LogP contribution < -0.4 is 5.32 Å². The summed E-state index contributed by atoms with van der Waals surface area (Å²) in [5, 5.41) is 3.07. The standard InChI is InChI=1S/C16H27N5O2/c1-3-20-7-8-21(11-14(20)15-17-5-6-19(15)2)16(22)18-10-13-4-9-23-12-13/h5-6,13-14H,3-4,7-12H2,1-2H3,(H,18,22)/t13-,14+/m0/s1. The van der Waals surface area contributed by atoms with Crippen LogP contribution in [0.4, 0.5) is 4.79 Å². The van der Waals surface area contributed by atoms with Crippen LogP contribution in [0, 0.1) is 5.92 Å². The lowest BCUT2D eigenvalue weighted by molar-refractivity contribution is 0.0873. The molecule has 2 aliphatic rings. The number of rotatable bonds is 4. The smallest absolute Gasteiger partial charge is 0.317 e. The van der Waals surface area contributed by atoms with Crippen molar-refractivity contribution in [2.45, 2.75) is 19.4 Å². The van der Waals surface area contributed by atoms with Crippen molar-refractivity contribution in [1.82, 2.24) is 24.7 Å². The Morgan fingerprint density at radius 1 is 1.48 bits per heavy atom. The number of hydrogen-bond donors (Lipinski definition) is 1. The van der Waals surface area contributed by atoms with Crippen LogP contribution in [0.25, 0.3) is 0 Å². The van der Waals surface area contributed by atoms with Crippen molar-refractivity contribution in [1.29, 1.82) is 0 Å². The molecule has 7 heteroatoms. The summed E-state index contributed by atoms with van der Waals surface area (Å²) in [6, 6.07) is 0.196. The molecule has 23 heavy (non-hydrogen) atoms. The summed E-state index contributed by atoms with van der Waals surface area (Å²) in [5.74, 6) is 1.48. The number of amides is 2. The third kappa shape index (κ3) is 3.67. The molecule has 3 heterocycles. The molecule has 128 valence electrons. The fourth-order valence-electron chi connectivity index (χ4n) is 3.41. The normalized spacial score (nSPS) is 25.7. The van der Waals surface area contributed by atoms with E-state index >= 15 is 0 Å². The highest BCUT2D eigenvalue weighted by molar-refractivity contribution is 5.74. The van der Waals surface area contributed by atoms with Gasteiger partial charge in [0.2, 0.25) is 0 Å². The second-order valence-corrected chi connectivity index (χ2v) is 6.40. The Morgan fingerprint density at radius 3 is 3.00 bits per heavy atom. The molecule has 0 aliphatic carbocycles. The molecule has 0 saturated carbocycles. The van der Waals surface area contributed by atoms with E-state index < -0.39 is 0 Å². The zero-order chi connectivity index (χ0) is 16.2. The van der Waals surface area contributed by atoms with E-state index in [1.54, 1.807) is 0 Å². The third-order valence-corrected chi connectivity index (χ3v) is 4.91. The number of aryl methyl sites for hydroxylation is 1. The molecule has 1 N–H and O–H groups in total. The van der Waals surface area contributed by atoms with Gasteiger partial charge in [0.25, 0.3) is 0 Å². The first-order valence-electron chi connectivity index (χ1n) is 8.50. The second-order valence-electron chi connectivity index (χ2n) is 6.40. The fraction of sp³-hybridized carbons (Fsp3) is 0.750. The minimum atomic E-state index is 0.0341. The summed E-state index contributed by atoms with van der Waals surface area (Å²) in [6.07, 6.45) is 4.82. The summed E-state index contributed by atoms with van der Waals surface area (Å²) >= 11 is 0. The molecule has 0 radical (unpaired) electrons. The number of urea groups is 1. The number of ether oxygens (including phenoxy) is 1. The van der Waals surface area contributed by atoms with Gasteiger partial charge in [-0.05, 0) is 13.0 Å². The van der Waals surface area contributed by atoms with E-state index in [1.807, 2.05) is 28.9 Å². The first-order valence-corrected chi connectivity index (χ1v) is 8.50. The molecular formula is C16H27N5O2. The molecule has 0 unspecified atom stereocenters. The SMILES string of the molecule is CCN1CCN(C(=O)NC[C@@H]2CCOC2)C[C@@H]1c1nccn1C. The van der Waals surface area contributed by atoms with Crippen LogP contribution in [0.1, 0.15) is 25.2 Å². The highest BCUT2D eigenvalue weighted by atomic mass is 16.5. The number of nitrogens with one attached hydrogen (secondary N) is 1. The molecule has 2 amide bonds. The number of likely N-dealkylation sites (N-methyl/N-ethyl adjacent to an activating group) is 1. The van der Waals surface area contributed by atoms with Gasteiger partial charge in [-0.1, -0.05) is 6.92 Å². The maximum Gasteiger partial charge on any atom is 0.317 e. The van der Waals surface area contributed by atoms with Crippen molar-refractivity contribution in [3.63, 3.8) is 0 Å². The number of piperazine rings is 1. The van der Waals surface area contributed by atoms with Gasteiger partial charge in [-0.25, -0.2) is 9.78 Å². The molecule has 0 spiro atoms. The Hall–Kier alpha value is -1.60. The van der Waals surface area contributed by atoms with E-state index in [-0.39, 0.29) is 12.1 Å². The van der Waals surface area contributed by atoms with E-state index in [1.165, 1.54) is 0 Å². The van der Waals surface area contributed by atoms with Gasteiger partial charge in [0.1, 0.15) is 5.82 Å². The van der Waals surface area contributed by atoms with Gasteiger partial charge in [0, 0.05) is 58.1 Å². The summed E-state index contributed by atoms with van der Waals surface area (Å²) < 4.78 is 7.41. The largest absolute Gasteiger partial charge is 0.381 e. The van der Waals surface area contributed by atoms with Crippen molar-refractivity contribution in [3.8, 4) is 0 Å². The van der Waals surface area contributed by atoms with Crippen LogP contribution in [0.5, 0.6) is 0 Å².